The third-order valence-electron chi connectivity index (χ3n) is 6.98. The third-order valence-corrected chi connectivity index (χ3v) is 13.1. The molecule has 9 heteroatoms. The Bertz CT molecular complexity index is 1280. The van der Waals surface area contributed by atoms with Crippen LogP contribution in [-0.4, -0.2) is 55.1 Å². The number of carbonyl (C=O) groups excluding carboxylic acids is 1. The number of methoxy groups -OCH3 is 1. The third kappa shape index (κ3) is 4.68. The maximum atomic E-state index is 13.2. The molecule has 2 fully saturated rings. The molecule has 1 N–H and O–H groups in total. The standard InChI is InChI=1S/C26H30ClIN4O3/c1-16(2)32-10-8-26(9-11-32)14-28(25(33)35-26)20-12-18-22(13-23(20)34-4)29-15-30-24(18)31-21-7-5-6-19(27)17(21)3/h5-7,12-13,15-16H,8-11,14H2,1-4H3,(H,29,30,31). The van der Waals surface area contributed by atoms with Crippen molar-refractivity contribution < 1.29 is 14.3 Å². The molecule has 3 aromatic rings. The predicted octanol–water partition coefficient (Wildman–Crippen LogP) is 6.41. The van der Waals surface area contributed by atoms with Crippen LogP contribution in [0.1, 0.15) is 32.3 Å². The number of piperidine rings is 1. The number of anilines is 2. The molecule has 3 heterocycles. The van der Waals surface area contributed by atoms with Crippen LogP contribution in [0, 0.1) is 10.5 Å². The molecule has 0 amide bonds. The summed E-state index contributed by atoms with van der Waals surface area (Å²) in [6, 6.07) is 10.2. The Labute approximate surface area is 217 Å². The minimum atomic E-state index is -2.34. The molecule has 1 aromatic heterocycles. The van der Waals surface area contributed by atoms with E-state index in [1.807, 2.05) is 37.3 Å². The fourth-order valence-corrected chi connectivity index (χ4v) is 10.9. The number of rotatable bonds is 5. The van der Waals surface area contributed by atoms with Gasteiger partial charge in [0.15, 0.2) is 0 Å². The number of hydrogen-bond acceptors (Lipinski definition) is 7. The van der Waals surface area contributed by atoms with E-state index in [0.29, 0.717) is 22.6 Å². The number of nitrogens with one attached hydrogen (secondary N) is 1. The number of aromatic nitrogens is 2. The fourth-order valence-electron chi connectivity index (χ4n) is 4.74. The van der Waals surface area contributed by atoms with Crippen LogP contribution in [0.4, 0.5) is 16.3 Å². The van der Waals surface area contributed by atoms with E-state index >= 15 is 0 Å². The Hall–Kier alpha value is -2.17. The summed E-state index contributed by atoms with van der Waals surface area (Å²) in [5.74, 6) is 1.38. The Morgan fingerprint density at radius 3 is 2.71 bits per heavy atom. The van der Waals surface area contributed by atoms with Gasteiger partial charge in [0.2, 0.25) is 0 Å². The molecule has 5 rings (SSSR count). The molecular weight excluding hydrogens is 579 g/mol. The van der Waals surface area contributed by atoms with Crippen LogP contribution in [0.5, 0.6) is 5.75 Å². The molecule has 2 saturated heterocycles. The first-order valence-electron chi connectivity index (χ1n) is 11.8. The number of nitrogens with zero attached hydrogens (tertiary/aromatic N) is 3. The van der Waals surface area contributed by atoms with Crippen LogP contribution in [0.3, 0.4) is 0 Å². The Balaban J connectivity index is 1.50. The number of halogens is 2. The second-order valence-electron chi connectivity index (χ2n) is 9.41. The van der Waals surface area contributed by atoms with Crippen molar-refractivity contribution in [3.63, 3.8) is 0 Å². The van der Waals surface area contributed by atoms with Crippen molar-refractivity contribution in [1.82, 2.24) is 14.9 Å². The van der Waals surface area contributed by atoms with Crippen molar-refractivity contribution >= 4 is 57.8 Å². The van der Waals surface area contributed by atoms with Gasteiger partial charge in [-0.25, -0.2) is 0 Å². The molecule has 35 heavy (non-hydrogen) atoms. The summed E-state index contributed by atoms with van der Waals surface area (Å²) in [5.41, 5.74) is 2.25. The second kappa shape index (κ2) is 9.71. The van der Waals surface area contributed by atoms with Gasteiger partial charge in [-0.2, -0.15) is 0 Å². The average molecular weight is 609 g/mol. The summed E-state index contributed by atoms with van der Waals surface area (Å²) in [4.78, 5) is 24.7. The first kappa shape index (κ1) is 24.5. The first-order valence-corrected chi connectivity index (χ1v) is 15.8. The van der Waals surface area contributed by atoms with E-state index < -0.39 is 19.8 Å². The molecule has 0 atom stereocenters. The predicted molar refractivity (Wildman–Crippen MR) is 148 cm³/mol. The molecule has 2 aromatic carbocycles. The summed E-state index contributed by atoms with van der Waals surface area (Å²) < 4.78 is 13.7. The van der Waals surface area contributed by atoms with Gasteiger partial charge in [-0.15, -0.1) is 0 Å². The Morgan fingerprint density at radius 1 is 1.23 bits per heavy atom. The first-order chi connectivity index (χ1) is 16.8. The zero-order chi connectivity index (χ0) is 24.7. The molecule has 186 valence electrons. The monoisotopic (exact) mass is 608 g/mol. The number of fused-ring (bicyclic) bond motifs is 1. The average Bonchev–Trinajstić information content (AvgIpc) is 3.16. The van der Waals surface area contributed by atoms with E-state index in [0.717, 1.165) is 56.1 Å². The van der Waals surface area contributed by atoms with Gasteiger partial charge >= 0.3 is 219 Å². The molecule has 1 spiro atoms. The molecule has 0 radical (unpaired) electrons. The maximum absolute atomic E-state index is 13.2. The normalized spacial score (nSPS) is 18.9. The fraction of sp³-hybridized carbons (Fsp3) is 0.423. The van der Waals surface area contributed by atoms with Crippen molar-refractivity contribution in [1.29, 1.82) is 0 Å². The summed E-state index contributed by atoms with van der Waals surface area (Å²) in [7, 11) is 1.65. The SMILES string of the molecule is COc1cc2ncnc(Nc3cccc(Cl)c3C)c2cc1I1CC2(CCN(C(C)C)CC2)OC1=O. The van der Waals surface area contributed by atoms with E-state index in [1.54, 1.807) is 7.11 Å². The molecule has 0 aliphatic carbocycles. The topological polar surface area (TPSA) is 76.6 Å². The van der Waals surface area contributed by atoms with Gasteiger partial charge in [-0.3, -0.25) is 0 Å². The van der Waals surface area contributed by atoms with Gasteiger partial charge in [0.25, 0.3) is 0 Å². The molecule has 0 bridgehead atoms. The summed E-state index contributed by atoms with van der Waals surface area (Å²) in [6.07, 6.45) is 3.32. The quantitative estimate of drug-likeness (QED) is 0.204. The van der Waals surface area contributed by atoms with E-state index in [9.17, 15) is 4.79 Å². The molecule has 7 nitrogen and oxygen atoms in total. The van der Waals surface area contributed by atoms with E-state index in [4.69, 9.17) is 21.1 Å². The molecular formula is C26H30ClIN4O3. The van der Waals surface area contributed by atoms with Gasteiger partial charge in [-0.05, 0) is 0 Å². The van der Waals surface area contributed by atoms with Gasteiger partial charge in [0.1, 0.15) is 0 Å². The summed E-state index contributed by atoms with van der Waals surface area (Å²) >= 11 is 3.99. The molecule has 2 aliphatic heterocycles. The van der Waals surface area contributed by atoms with Crippen LogP contribution in [0.15, 0.2) is 36.7 Å². The van der Waals surface area contributed by atoms with Crippen LogP contribution < -0.4 is 10.1 Å². The zero-order valence-electron chi connectivity index (χ0n) is 20.4. The van der Waals surface area contributed by atoms with Gasteiger partial charge in [0.05, 0.1) is 0 Å². The molecule has 2 aliphatic rings. The second-order valence-corrected chi connectivity index (χ2v) is 14.7. The number of likely N-dealkylation sites (tertiary alicyclic amines) is 1. The van der Waals surface area contributed by atoms with Crippen molar-refractivity contribution in [3.05, 3.63) is 50.8 Å². The molecule has 0 saturated carbocycles. The van der Waals surface area contributed by atoms with Crippen molar-refractivity contribution in [2.24, 2.45) is 0 Å². The number of ether oxygens (including phenoxy) is 2. The van der Waals surface area contributed by atoms with Gasteiger partial charge in [-0.1, -0.05) is 0 Å². The van der Waals surface area contributed by atoms with Crippen LogP contribution >= 0.6 is 31.4 Å². The van der Waals surface area contributed by atoms with Crippen LogP contribution in [0.25, 0.3) is 10.9 Å². The number of alkyl halides is 1. The number of benzene rings is 2. The van der Waals surface area contributed by atoms with Crippen molar-refractivity contribution in [3.8, 4) is 5.75 Å². The number of carbonyl (C=O) groups is 1. The number of hydrogen-bond donors (Lipinski definition) is 1. The minimum absolute atomic E-state index is 0.0260. The van der Waals surface area contributed by atoms with E-state index in [1.165, 1.54) is 6.33 Å². The van der Waals surface area contributed by atoms with Crippen LogP contribution in [-0.2, 0) is 4.74 Å². The van der Waals surface area contributed by atoms with Gasteiger partial charge in [0, 0.05) is 0 Å². The molecule has 0 unspecified atom stereocenters. The Kier molecular flexibility index (Phi) is 6.80. The summed E-state index contributed by atoms with van der Waals surface area (Å²) in [5, 5.41) is 4.95. The Morgan fingerprint density at radius 2 is 2.00 bits per heavy atom. The van der Waals surface area contributed by atoms with Crippen molar-refractivity contribution in [2.75, 3.05) is 29.9 Å². The van der Waals surface area contributed by atoms with Crippen LogP contribution in [0.2, 0.25) is 5.02 Å². The van der Waals surface area contributed by atoms with E-state index in [2.05, 4.69) is 34.0 Å². The van der Waals surface area contributed by atoms with Gasteiger partial charge < -0.3 is 0 Å². The van der Waals surface area contributed by atoms with E-state index in [-0.39, 0.29) is 9.58 Å². The van der Waals surface area contributed by atoms with Crippen molar-refractivity contribution in [2.45, 2.75) is 45.3 Å². The zero-order valence-corrected chi connectivity index (χ0v) is 23.3. The summed E-state index contributed by atoms with van der Waals surface area (Å²) in [6.45, 7) is 8.33.